The summed E-state index contributed by atoms with van der Waals surface area (Å²) in [5.41, 5.74) is 3.91. The van der Waals surface area contributed by atoms with Crippen LogP contribution < -0.4 is 0 Å². The van der Waals surface area contributed by atoms with Crippen LogP contribution in [-0.4, -0.2) is 19.6 Å². The van der Waals surface area contributed by atoms with E-state index in [9.17, 15) is 0 Å². The van der Waals surface area contributed by atoms with Crippen molar-refractivity contribution in [3.05, 3.63) is 89.4 Å². The van der Waals surface area contributed by atoms with E-state index in [4.69, 9.17) is 26.7 Å². The predicted octanol–water partition coefficient (Wildman–Crippen LogP) is 5.89. The molecule has 0 aliphatic heterocycles. The van der Waals surface area contributed by atoms with Gasteiger partial charge < -0.3 is 0 Å². The molecule has 0 spiro atoms. The topological polar surface area (TPSA) is 43.1 Å². The maximum atomic E-state index is 5.99. The predicted molar refractivity (Wildman–Crippen MR) is 115 cm³/mol. The summed E-state index contributed by atoms with van der Waals surface area (Å²) in [5, 5.41) is 7.31. The van der Waals surface area contributed by atoms with Gasteiger partial charge in [-0.05, 0) is 29.8 Å². The van der Waals surface area contributed by atoms with Crippen LogP contribution in [0.2, 0.25) is 5.02 Å². The molecule has 0 aliphatic carbocycles. The third-order valence-electron chi connectivity index (χ3n) is 4.46. The molecule has 2 heterocycles. The van der Waals surface area contributed by atoms with Crippen molar-refractivity contribution >= 4 is 39.9 Å². The average Bonchev–Trinajstić information content (AvgIpc) is 3.20. The first-order chi connectivity index (χ1) is 13.8. The molecule has 2 aromatic heterocycles. The number of hydrogen-bond donors (Lipinski definition) is 0. The number of hydrogen-bond acceptors (Lipinski definition) is 4. The van der Waals surface area contributed by atoms with E-state index in [1.54, 1.807) is 11.8 Å². The summed E-state index contributed by atoms with van der Waals surface area (Å²) in [5.74, 6) is 1.48. The van der Waals surface area contributed by atoms with Crippen molar-refractivity contribution in [1.82, 2.24) is 19.6 Å². The van der Waals surface area contributed by atoms with Crippen molar-refractivity contribution in [1.29, 1.82) is 0 Å². The first kappa shape index (κ1) is 17.2. The number of halogens is 1. The van der Waals surface area contributed by atoms with E-state index in [1.807, 2.05) is 83.4 Å². The molecule has 0 fully saturated rings. The molecule has 5 rings (SSSR count). The van der Waals surface area contributed by atoms with Crippen LogP contribution in [0.25, 0.3) is 27.9 Å². The number of nitrogens with zero attached hydrogens (tertiary/aromatic N) is 4. The molecule has 0 bridgehead atoms. The van der Waals surface area contributed by atoms with Crippen LogP contribution in [0.3, 0.4) is 0 Å². The molecule has 0 saturated heterocycles. The van der Waals surface area contributed by atoms with Gasteiger partial charge in [-0.15, -0.1) is 5.10 Å². The average molecular weight is 403 g/mol. The van der Waals surface area contributed by atoms with Gasteiger partial charge in [-0.25, -0.2) is 9.97 Å². The smallest absolute Gasteiger partial charge is 0.191 e. The Hall–Kier alpha value is -2.89. The molecule has 0 atom stereocenters. The largest absolute Gasteiger partial charge is 0.222 e. The van der Waals surface area contributed by atoms with Crippen LogP contribution in [-0.2, 0) is 5.75 Å². The van der Waals surface area contributed by atoms with Crippen molar-refractivity contribution in [2.45, 2.75) is 10.9 Å². The summed E-state index contributed by atoms with van der Waals surface area (Å²) in [7, 11) is 0. The zero-order chi connectivity index (χ0) is 18.9. The second kappa shape index (κ2) is 7.26. The standard InChI is InChI=1S/C22H15ClN4S/c23-17-12-10-15(11-13-17)14-28-22-24-19-9-5-4-8-18(19)21-25-20(26-27(21)22)16-6-2-1-3-7-16/h1-13H,14H2. The van der Waals surface area contributed by atoms with Gasteiger partial charge in [-0.1, -0.05) is 78.0 Å². The van der Waals surface area contributed by atoms with E-state index in [2.05, 4.69) is 0 Å². The van der Waals surface area contributed by atoms with E-state index in [1.165, 1.54) is 5.56 Å². The highest BCUT2D eigenvalue weighted by atomic mass is 35.5. The summed E-state index contributed by atoms with van der Waals surface area (Å²) in [6, 6.07) is 25.9. The molecule has 0 aliphatic rings. The number of para-hydroxylation sites is 1. The number of fused-ring (bicyclic) bond motifs is 3. The zero-order valence-corrected chi connectivity index (χ0v) is 16.4. The first-order valence-corrected chi connectivity index (χ1v) is 10.2. The van der Waals surface area contributed by atoms with Crippen LogP contribution >= 0.6 is 23.4 Å². The van der Waals surface area contributed by atoms with Gasteiger partial charge in [0.15, 0.2) is 16.6 Å². The Labute approximate surface area is 171 Å². The zero-order valence-electron chi connectivity index (χ0n) is 14.8. The Morgan fingerprint density at radius 3 is 2.39 bits per heavy atom. The SMILES string of the molecule is Clc1ccc(CSc2nc3ccccc3c3nc(-c4ccccc4)nn23)cc1. The third kappa shape index (κ3) is 3.23. The molecular formula is C22H15ClN4S. The monoisotopic (exact) mass is 402 g/mol. The van der Waals surface area contributed by atoms with Crippen LogP contribution in [0, 0.1) is 0 Å². The van der Waals surface area contributed by atoms with E-state index in [0.29, 0.717) is 5.82 Å². The second-order valence-corrected chi connectivity index (χ2v) is 7.74. The Bertz CT molecular complexity index is 1270. The lowest BCUT2D eigenvalue weighted by molar-refractivity contribution is 0.811. The minimum atomic E-state index is 0.701. The minimum absolute atomic E-state index is 0.701. The molecule has 3 aromatic carbocycles. The number of rotatable bonds is 4. The fourth-order valence-corrected chi connectivity index (χ4v) is 4.09. The Morgan fingerprint density at radius 2 is 1.57 bits per heavy atom. The molecule has 0 N–H and O–H groups in total. The lowest BCUT2D eigenvalue weighted by atomic mass is 10.2. The third-order valence-corrected chi connectivity index (χ3v) is 5.71. The Morgan fingerprint density at radius 1 is 0.821 bits per heavy atom. The van der Waals surface area contributed by atoms with Gasteiger partial charge in [0.1, 0.15) is 0 Å². The molecule has 0 unspecified atom stereocenters. The molecule has 5 aromatic rings. The van der Waals surface area contributed by atoms with Gasteiger partial charge in [0.25, 0.3) is 0 Å². The Balaban J connectivity index is 1.62. The Kier molecular flexibility index (Phi) is 4.47. The van der Waals surface area contributed by atoms with E-state index < -0.39 is 0 Å². The second-order valence-electron chi connectivity index (χ2n) is 6.36. The summed E-state index contributed by atoms with van der Waals surface area (Å²) in [4.78, 5) is 9.66. The quantitative estimate of drug-likeness (QED) is 0.277. The number of thioether (sulfide) groups is 1. The van der Waals surface area contributed by atoms with Crippen molar-refractivity contribution in [3.63, 3.8) is 0 Å². The fraction of sp³-hybridized carbons (Fsp3) is 0.0455. The highest BCUT2D eigenvalue weighted by molar-refractivity contribution is 7.98. The van der Waals surface area contributed by atoms with Crippen molar-refractivity contribution in [2.75, 3.05) is 0 Å². The first-order valence-electron chi connectivity index (χ1n) is 8.86. The minimum Gasteiger partial charge on any atom is -0.222 e. The molecule has 136 valence electrons. The summed E-state index contributed by atoms with van der Waals surface area (Å²) in [6.45, 7) is 0. The highest BCUT2D eigenvalue weighted by Crippen LogP contribution is 2.28. The molecule has 4 nitrogen and oxygen atoms in total. The molecule has 0 saturated carbocycles. The van der Waals surface area contributed by atoms with Gasteiger partial charge >= 0.3 is 0 Å². The molecule has 6 heteroatoms. The van der Waals surface area contributed by atoms with Gasteiger partial charge in [-0.2, -0.15) is 4.52 Å². The summed E-state index contributed by atoms with van der Waals surface area (Å²) >= 11 is 7.63. The lowest BCUT2D eigenvalue weighted by Crippen LogP contribution is -1.98. The molecule has 0 amide bonds. The highest BCUT2D eigenvalue weighted by Gasteiger charge is 2.14. The maximum Gasteiger partial charge on any atom is 0.191 e. The van der Waals surface area contributed by atoms with E-state index >= 15 is 0 Å². The van der Waals surface area contributed by atoms with E-state index in [0.717, 1.165) is 38.0 Å². The van der Waals surface area contributed by atoms with Crippen molar-refractivity contribution in [2.24, 2.45) is 0 Å². The molecular weight excluding hydrogens is 388 g/mol. The van der Waals surface area contributed by atoms with Gasteiger partial charge in [-0.3, -0.25) is 0 Å². The van der Waals surface area contributed by atoms with Crippen LogP contribution in [0.5, 0.6) is 0 Å². The maximum absolute atomic E-state index is 5.99. The summed E-state index contributed by atoms with van der Waals surface area (Å²) in [6.07, 6.45) is 0. The van der Waals surface area contributed by atoms with E-state index in [-0.39, 0.29) is 0 Å². The van der Waals surface area contributed by atoms with Crippen molar-refractivity contribution < 1.29 is 0 Å². The normalized spacial score (nSPS) is 11.3. The lowest BCUT2D eigenvalue weighted by Gasteiger charge is -2.06. The van der Waals surface area contributed by atoms with Crippen LogP contribution in [0.4, 0.5) is 0 Å². The number of aromatic nitrogens is 4. The van der Waals surface area contributed by atoms with Crippen LogP contribution in [0.15, 0.2) is 84.0 Å². The molecule has 0 radical (unpaired) electrons. The number of benzene rings is 3. The fourth-order valence-electron chi connectivity index (χ4n) is 3.06. The summed E-state index contributed by atoms with van der Waals surface area (Å²) < 4.78 is 1.85. The van der Waals surface area contributed by atoms with Gasteiger partial charge in [0.05, 0.1) is 5.52 Å². The molecule has 28 heavy (non-hydrogen) atoms. The van der Waals surface area contributed by atoms with Gasteiger partial charge in [0, 0.05) is 21.7 Å². The van der Waals surface area contributed by atoms with Gasteiger partial charge in [0.2, 0.25) is 0 Å². The van der Waals surface area contributed by atoms with Crippen LogP contribution in [0.1, 0.15) is 5.56 Å². The van der Waals surface area contributed by atoms with Crippen molar-refractivity contribution in [3.8, 4) is 11.4 Å².